The largest absolute Gasteiger partial charge is 0.461 e. The molecule has 19 heavy (non-hydrogen) atoms. The molecule has 3 aromatic rings. The predicted molar refractivity (Wildman–Crippen MR) is 71.3 cm³/mol. The van der Waals surface area contributed by atoms with Gasteiger partial charge in [-0.25, -0.2) is 0 Å². The van der Waals surface area contributed by atoms with Gasteiger partial charge in [-0.15, -0.1) is 0 Å². The van der Waals surface area contributed by atoms with Gasteiger partial charge < -0.3 is 14.7 Å². The van der Waals surface area contributed by atoms with Crippen LogP contribution in [0.15, 0.2) is 39.5 Å². The van der Waals surface area contributed by atoms with E-state index in [1.807, 2.05) is 38.1 Å². The Kier molecular flexibility index (Phi) is 2.59. The predicted octanol–water partition coefficient (Wildman–Crippen LogP) is 3.20. The van der Waals surface area contributed by atoms with Crippen molar-refractivity contribution in [2.24, 2.45) is 0 Å². The fourth-order valence-corrected chi connectivity index (χ4v) is 1.91. The van der Waals surface area contributed by atoms with Gasteiger partial charge >= 0.3 is 0 Å². The van der Waals surface area contributed by atoms with E-state index in [-0.39, 0.29) is 0 Å². The second-order valence-electron chi connectivity index (χ2n) is 4.38. The monoisotopic (exact) mass is 255 g/mol. The highest BCUT2D eigenvalue weighted by atomic mass is 16.5. The zero-order valence-electron chi connectivity index (χ0n) is 10.7. The fourth-order valence-electron chi connectivity index (χ4n) is 1.91. The van der Waals surface area contributed by atoms with Crippen LogP contribution in [0.4, 0.5) is 5.69 Å². The van der Waals surface area contributed by atoms with Gasteiger partial charge in [-0.1, -0.05) is 11.2 Å². The number of furan rings is 1. The van der Waals surface area contributed by atoms with Crippen LogP contribution >= 0.6 is 0 Å². The highest BCUT2D eigenvalue weighted by molar-refractivity contribution is 5.67. The zero-order chi connectivity index (χ0) is 13.4. The Balaban J connectivity index is 2.07. The number of benzene rings is 1. The molecule has 0 aliphatic rings. The minimum absolute atomic E-state index is 0.440. The highest BCUT2D eigenvalue weighted by Crippen LogP contribution is 2.28. The molecule has 0 saturated carbocycles. The molecule has 0 unspecified atom stereocenters. The molecule has 2 N–H and O–H groups in total. The summed E-state index contributed by atoms with van der Waals surface area (Å²) in [6, 6.07) is 7.46. The maximum Gasteiger partial charge on any atom is 0.258 e. The van der Waals surface area contributed by atoms with Gasteiger partial charge in [0.05, 0.1) is 6.26 Å². The number of rotatable bonds is 2. The van der Waals surface area contributed by atoms with E-state index in [0.29, 0.717) is 23.2 Å². The van der Waals surface area contributed by atoms with Crippen LogP contribution in [0.5, 0.6) is 0 Å². The summed E-state index contributed by atoms with van der Waals surface area (Å²) >= 11 is 0. The second-order valence-corrected chi connectivity index (χ2v) is 4.38. The number of hydrogen-bond acceptors (Lipinski definition) is 5. The van der Waals surface area contributed by atoms with Crippen LogP contribution in [0.2, 0.25) is 0 Å². The molecule has 1 aromatic carbocycles. The first-order valence-electron chi connectivity index (χ1n) is 5.90. The maximum atomic E-state index is 5.88. The summed E-state index contributed by atoms with van der Waals surface area (Å²) in [5.74, 6) is 1.51. The first-order valence-corrected chi connectivity index (χ1v) is 5.90. The van der Waals surface area contributed by atoms with Crippen molar-refractivity contribution in [3.63, 3.8) is 0 Å². The molecule has 0 atom stereocenters. The van der Waals surface area contributed by atoms with Gasteiger partial charge in [-0.05, 0) is 43.2 Å². The standard InChI is InChI=1S/C14H13N3O2/c1-8-6-7-18-12(8)13-16-14(19-17-13)10-4-3-5-11(15)9(10)2/h3-7H,15H2,1-2H3. The molecule has 3 rings (SSSR count). The Morgan fingerprint density at radius 1 is 1.16 bits per heavy atom. The van der Waals surface area contributed by atoms with Crippen molar-refractivity contribution in [2.45, 2.75) is 13.8 Å². The minimum Gasteiger partial charge on any atom is -0.461 e. The lowest BCUT2D eigenvalue weighted by molar-refractivity contribution is 0.429. The molecule has 0 aliphatic heterocycles. The minimum atomic E-state index is 0.440. The van der Waals surface area contributed by atoms with Crippen molar-refractivity contribution < 1.29 is 8.94 Å². The van der Waals surface area contributed by atoms with Crippen LogP contribution in [0.25, 0.3) is 23.0 Å². The molecule has 2 heterocycles. The third-order valence-electron chi connectivity index (χ3n) is 3.10. The molecule has 0 saturated heterocycles. The molecular formula is C14H13N3O2. The molecule has 0 bridgehead atoms. The number of nitrogen functional groups attached to an aromatic ring is 1. The number of anilines is 1. The quantitative estimate of drug-likeness (QED) is 0.711. The number of aromatic nitrogens is 2. The molecule has 96 valence electrons. The van der Waals surface area contributed by atoms with Crippen molar-refractivity contribution in [3.05, 3.63) is 41.7 Å². The summed E-state index contributed by atoms with van der Waals surface area (Å²) in [6.07, 6.45) is 1.60. The number of hydrogen-bond donors (Lipinski definition) is 1. The summed E-state index contributed by atoms with van der Waals surface area (Å²) in [4.78, 5) is 4.36. The third kappa shape index (κ3) is 1.89. The van der Waals surface area contributed by atoms with Crippen molar-refractivity contribution in [1.82, 2.24) is 10.1 Å². The normalized spacial score (nSPS) is 10.8. The number of nitrogens with zero attached hydrogens (tertiary/aromatic N) is 2. The Hall–Kier alpha value is -2.56. The zero-order valence-corrected chi connectivity index (χ0v) is 10.7. The van der Waals surface area contributed by atoms with Gasteiger partial charge in [0.1, 0.15) is 0 Å². The summed E-state index contributed by atoms with van der Waals surface area (Å²) in [5.41, 5.74) is 9.31. The van der Waals surface area contributed by atoms with Crippen LogP contribution in [0.3, 0.4) is 0 Å². The summed E-state index contributed by atoms with van der Waals surface area (Å²) in [5, 5.41) is 3.95. The first kappa shape index (κ1) is 11.5. The van der Waals surface area contributed by atoms with E-state index in [2.05, 4.69) is 10.1 Å². The first-order chi connectivity index (χ1) is 9.16. The molecular weight excluding hydrogens is 242 g/mol. The smallest absolute Gasteiger partial charge is 0.258 e. The van der Waals surface area contributed by atoms with E-state index in [0.717, 1.165) is 16.7 Å². The summed E-state index contributed by atoms with van der Waals surface area (Å²) in [7, 11) is 0. The maximum absolute atomic E-state index is 5.88. The van der Waals surface area contributed by atoms with E-state index in [9.17, 15) is 0 Å². The Bertz CT molecular complexity index is 728. The second kappa shape index (κ2) is 4.28. The van der Waals surface area contributed by atoms with Crippen molar-refractivity contribution >= 4 is 5.69 Å². The molecule has 0 aliphatic carbocycles. The average molecular weight is 255 g/mol. The fraction of sp³-hybridized carbons (Fsp3) is 0.143. The van der Waals surface area contributed by atoms with E-state index in [1.165, 1.54) is 0 Å². The summed E-state index contributed by atoms with van der Waals surface area (Å²) < 4.78 is 10.6. The third-order valence-corrected chi connectivity index (χ3v) is 3.10. The number of nitrogens with two attached hydrogens (primary N) is 1. The lowest BCUT2D eigenvalue weighted by atomic mass is 10.1. The SMILES string of the molecule is Cc1ccoc1-c1noc(-c2cccc(N)c2C)n1. The molecule has 0 radical (unpaired) electrons. The van der Waals surface area contributed by atoms with Gasteiger partial charge in [0.15, 0.2) is 5.76 Å². The lowest BCUT2D eigenvalue weighted by Crippen LogP contribution is -1.92. The van der Waals surface area contributed by atoms with Crippen molar-refractivity contribution in [1.29, 1.82) is 0 Å². The van der Waals surface area contributed by atoms with Crippen molar-refractivity contribution in [2.75, 3.05) is 5.73 Å². The highest BCUT2D eigenvalue weighted by Gasteiger charge is 2.16. The van der Waals surface area contributed by atoms with E-state index < -0.39 is 0 Å². The molecule has 5 heteroatoms. The van der Waals surface area contributed by atoms with Gasteiger partial charge in [0, 0.05) is 11.3 Å². The van der Waals surface area contributed by atoms with E-state index >= 15 is 0 Å². The molecule has 2 aromatic heterocycles. The molecule has 0 spiro atoms. The molecule has 5 nitrogen and oxygen atoms in total. The Morgan fingerprint density at radius 3 is 2.74 bits per heavy atom. The van der Waals surface area contributed by atoms with E-state index in [1.54, 1.807) is 6.26 Å². The lowest BCUT2D eigenvalue weighted by Gasteiger charge is -2.02. The Morgan fingerprint density at radius 2 is 2.00 bits per heavy atom. The molecule has 0 amide bonds. The summed E-state index contributed by atoms with van der Waals surface area (Å²) in [6.45, 7) is 3.85. The van der Waals surface area contributed by atoms with Crippen LogP contribution in [0.1, 0.15) is 11.1 Å². The van der Waals surface area contributed by atoms with Crippen LogP contribution in [0, 0.1) is 13.8 Å². The average Bonchev–Trinajstić information content (AvgIpc) is 3.01. The van der Waals surface area contributed by atoms with Crippen LogP contribution < -0.4 is 5.73 Å². The molecule has 0 fully saturated rings. The van der Waals surface area contributed by atoms with Crippen LogP contribution in [-0.2, 0) is 0 Å². The van der Waals surface area contributed by atoms with E-state index in [4.69, 9.17) is 14.7 Å². The van der Waals surface area contributed by atoms with Gasteiger partial charge in [0.25, 0.3) is 5.89 Å². The van der Waals surface area contributed by atoms with Crippen LogP contribution in [-0.4, -0.2) is 10.1 Å². The topological polar surface area (TPSA) is 78.1 Å². The van der Waals surface area contributed by atoms with Gasteiger partial charge in [-0.2, -0.15) is 4.98 Å². The Labute approximate surface area is 110 Å². The van der Waals surface area contributed by atoms with Gasteiger partial charge in [0.2, 0.25) is 5.82 Å². The number of aryl methyl sites for hydroxylation is 1. The van der Waals surface area contributed by atoms with Crippen molar-refractivity contribution in [3.8, 4) is 23.0 Å². The van der Waals surface area contributed by atoms with Gasteiger partial charge in [-0.3, -0.25) is 0 Å².